The number of ether oxygens (including phenoxy) is 1. The van der Waals surface area contributed by atoms with Crippen molar-refractivity contribution in [1.82, 2.24) is 14.8 Å². The van der Waals surface area contributed by atoms with E-state index in [0.717, 1.165) is 48.1 Å². The van der Waals surface area contributed by atoms with E-state index < -0.39 is 18.3 Å². The molecule has 2 aliphatic rings. The van der Waals surface area contributed by atoms with Gasteiger partial charge in [-0.2, -0.15) is 8.78 Å². The van der Waals surface area contributed by atoms with E-state index in [9.17, 15) is 13.2 Å². The normalized spacial score (nSPS) is 22.5. The molecule has 5 nitrogen and oxygen atoms in total. The molecule has 3 aromatic rings. The lowest BCUT2D eigenvalue weighted by Gasteiger charge is -2.43. The van der Waals surface area contributed by atoms with Crippen LogP contribution in [-0.4, -0.2) is 72.0 Å². The van der Waals surface area contributed by atoms with Gasteiger partial charge in [0.15, 0.2) is 0 Å². The molecule has 1 aromatic heterocycles. The van der Waals surface area contributed by atoms with Crippen molar-refractivity contribution in [3.63, 3.8) is 0 Å². The molecule has 2 aliphatic heterocycles. The number of nitrogens with one attached hydrogen (secondary N) is 2. The molecule has 0 spiro atoms. The van der Waals surface area contributed by atoms with E-state index in [1.54, 1.807) is 19.9 Å². The highest BCUT2D eigenvalue weighted by Gasteiger charge is 2.40. The average molecular weight is 547 g/mol. The van der Waals surface area contributed by atoms with Crippen LogP contribution in [0.5, 0.6) is 5.75 Å². The molecule has 2 aromatic carbocycles. The molecule has 0 unspecified atom stereocenters. The van der Waals surface area contributed by atoms with Gasteiger partial charge in [-0.3, -0.25) is 9.29 Å². The maximum absolute atomic E-state index is 15.1. The highest BCUT2D eigenvalue weighted by atomic mass is 19.3. The summed E-state index contributed by atoms with van der Waals surface area (Å²) >= 11 is 0. The number of likely N-dealkylation sites (tertiary alicyclic amines) is 1. The van der Waals surface area contributed by atoms with Gasteiger partial charge in [-0.05, 0) is 57.7 Å². The summed E-state index contributed by atoms with van der Waals surface area (Å²) in [5.74, 6) is 0.0765. The van der Waals surface area contributed by atoms with E-state index in [2.05, 4.69) is 33.1 Å². The Hall–Kier alpha value is -2.78. The largest absolute Gasteiger partial charge is 0.434 e. The maximum Gasteiger partial charge on any atom is 0.387 e. The first kappa shape index (κ1) is 27.8. The molecule has 1 saturated heterocycles. The lowest BCUT2D eigenvalue weighted by Crippen LogP contribution is -2.47. The van der Waals surface area contributed by atoms with Gasteiger partial charge in [-0.1, -0.05) is 24.3 Å². The first-order chi connectivity index (χ1) is 18.6. The van der Waals surface area contributed by atoms with Crippen LogP contribution in [0.4, 0.5) is 23.2 Å². The van der Waals surface area contributed by atoms with Crippen LogP contribution in [0.2, 0.25) is 0 Å². The van der Waals surface area contributed by atoms with Crippen LogP contribution in [-0.2, 0) is 6.42 Å². The van der Waals surface area contributed by atoms with Crippen LogP contribution in [0, 0.1) is 0 Å². The Kier molecular flexibility index (Phi) is 8.10. The third kappa shape index (κ3) is 6.19. The van der Waals surface area contributed by atoms with E-state index in [1.807, 2.05) is 30.3 Å². The van der Waals surface area contributed by atoms with Crippen LogP contribution in [0.15, 0.2) is 42.5 Å². The van der Waals surface area contributed by atoms with Crippen LogP contribution < -0.4 is 10.1 Å². The topological polar surface area (TPSA) is 43.5 Å². The fourth-order valence-corrected chi connectivity index (χ4v) is 6.24. The number of fused-ring (bicyclic) bond motifs is 3. The monoisotopic (exact) mass is 546 g/mol. The minimum atomic E-state index is -3.00. The second-order valence-electron chi connectivity index (χ2n) is 11.5. The summed E-state index contributed by atoms with van der Waals surface area (Å²) in [5, 5.41) is 4.54. The van der Waals surface area contributed by atoms with E-state index >= 15 is 4.39 Å². The zero-order valence-corrected chi connectivity index (χ0v) is 22.8. The SMILES string of the molecule is C[C@@H]1Cc2c([nH]c3ccccc23)[C@@H](c2ccc(N[C@H]3CCN(CCCF)C3)cc2OC(F)F)N1CC(C)(C)F. The van der Waals surface area contributed by atoms with Gasteiger partial charge in [0.05, 0.1) is 12.7 Å². The Morgan fingerprint density at radius 1 is 1.18 bits per heavy atom. The number of aromatic nitrogens is 1. The summed E-state index contributed by atoms with van der Waals surface area (Å²) in [5.41, 5.74) is 2.75. The van der Waals surface area contributed by atoms with E-state index in [-0.39, 0.29) is 31.1 Å². The molecule has 212 valence electrons. The number of hydrogen-bond acceptors (Lipinski definition) is 4. The number of hydrogen-bond donors (Lipinski definition) is 2. The van der Waals surface area contributed by atoms with E-state index in [1.165, 1.54) is 0 Å². The Balaban J connectivity index is 1.53. The molecule has 5 rings (SSSR count). The number of benzene rings is 2. The number of alkyl halides is 4. The van der Waals surface area contributed by atoms with Gasteiger partial charge in [-0.15, -0.1) is 0 Å². The summed E-state index contributed by atoms with van der Waals surface area (Å²) in [6, 6.07) is 13.0. The fraction of sp³-hybridized carbons (Fsp3) is 0.533. The third-order valence-electron chi connectivity index (χ3n) is 7.85. The summed E-state index contributed by atoms with van der Waals surface area (Å²) in [6.07, 6.45) is 2.11. The van der Waals surface area contributed by atoms with Gasteiger partial charge in [0.1, 0.15) is 11.4 Å². The van der Waals surface area contributed by atoms with Gasteiger partial charge in [0.2, 0.25) is 0 Å². The number of rotatable bonds is 10. The van der Waals surface area contributed by atoms with Gasteiger partial charge in [-0.25, -0.2) is 4.39 Å². The van der Waals surface area contributed by atoms with Crippen LogP contribution in [0.25, 0.3) is 10.9 Å². The molecular formula is C30H38F4N4O. The molecule has 2 N–H and O–H groups in total. The first-order valence-corrected chi connectivity index (χ1v) is 13.8. The van der Waals surface area contributed by atoms with E-state index in [4.69, 9.17) is 4.74 Å². The first-order valence-electron chi connectivity index (χ1n) is 13.8. The van der Waals surface area contributed by atoms with Crippen molar-refractivity contribution < 1.29 is 22.3 Å². The zero-order valence-electron chi connectivity index (χ0n) is 22.8. The van der Waals surface area contributed by atoms with Crippen molar-refractivity contribution in [2.24, 2.45) is 0 Å². The van der Waals surface area contributed by atoms with Crippen molar-refractivity contribution >= 4 is 16.6 Å². The Labute approximate surface area is 227 Å². The number of para-hydroxylation sites is 1. The number of anilines is 1. The van der Waals surface area contributed by atoms with Crippen molar-refractivity contribution in [3.8, 4) is 5.75 Å². The number of H-pyrrole nitrogens is 1. The molecule has 1 fully saturated rings. The molecule has 0 aliphatic carbocycles. The molecular weight excluding hydrogens is 508 g/mol. The van der Waals surface area contributed by atoms with Gasteiger partial charge >= 0.3 is 6.61 Å². The summed E-state index contributed by atoms with van der Waals surface area (Å²) < 4.78 is 60.2. The highest BCUT2D eigenvalue weighted by molar-refractivity contribution is 5.85. The number of halogens is 4. The molecule has 0 saturated carbocycles. The lowest BCUT2D eigenvalue weighted by atomic mass is 9.87. The lowest BCUT2D eigenvalue weighted by molar-refractivity contribution is -0.0514. The van der Waals surface area contributed by atoms with Gasteiger partial charge < -0.3 is 19.9 Å². The van der Waals surface area contributed by atoms with Crippen molar-refractivity contribution in [2.45, 2.75) is 70.4 Å². The average Bonchev–Trinajstić information content (AvgIpc) is 3.47. The number of aromatic amines is 1. The van der Waals surface area contributed by atoms with Crippen molar-refractivity contribution in [2.75, 3.05) is 38.2 Å². The second kappa shape index (κ2) is 11.4. The predicted molar refractivity (Wildman–Crippen MR) is 147 cm³/mol. The second-order valence-corrected chi connectivity index (χ2v) is 11.5. The standard InChI is InChI=1S/C30H38F4N4O/c1-19-15-24-22-7-4-5-8-25(22)36-27(24)28(38(19)18-30(2,3)34)23-10-9-20(16-26(23)39-29(32)33)35-21-11-14-37(17-21)13-6-12-31/h4-5,7-10,16,19,21,28-29,35-36H,6,11-15,17-18H2,1-3H3/t19-,21+,28-/m1/s1. The summed E-state index contributed by atoms with van der Waals surface area (Å²) in [7, 11) is 0. The van der Waals surface area contributed by atoms with E-state index in [0.29, 0.717) is 24.2 Å². The summed E-state index contributed by atoms with van der Waals surface area (Å²) in [6.45, 7) is 4.29. The smallest absolute Gasteiger partial charge is 0.387 e. The molecule has 0 bridgehead atoms. The minimum absolute atomic E-state index is 0.0253. The van der Waals surface area contributed by atoms with Crippen LogP contribution in [0.3, 0.4) is 0 Å². The Morgan fingerprint density at radius 3 is 2.72 bits per heavy atom. The molecule has 0 radical (unpaired) electrons. The maximum atomic E-state index is 15.1. The van der Waals surface area contributed by atoms with Crippen molar-refractivity contribution in [1.29, 1.82) is 0 Å². The van der Waals surface area contributed by atoms with Gasteiger partial charge in [0, 0.05) is 72.2 Å². The summed E-state index contributed by atoms with van der Waals surface area (Å²) in [4.78, 5) is 7.78. The Morgan fingerprint density at radius 2 is 1.97 bits per heavy atom. The van der Waals surface area contributed by atoms with Crippen LogP contribution >= 0.6 is 0 Å². The Bertz CT molecular complexity index is 1270. The van der Waals surface area contributed by atoms with Crippen LogP contribution in [0.1, 0.15) is 56.5 Å². The zero-order chi connectivity index (χ0) is 27.7. The molecule has 39 heavy (non-hydrogen) atoms. The minimum Gasteiger partial charge on any atom is -0.434 e. The quantitative estimate of drug-likeness (QED) is 0.278. The van der Waals surface area contributed by atoms with Gasteiger partial charge in [0.25, 0.3) is 0 Å². The molecule has 9 heteroatoms. The van der Waals surface area contributed by atoms with Crippen molar-refractivity contribution in [3.05, 3.63) is 59.3 Å². The number of nitrogens with zero attached hydrogens (tertiary/aromatic N) is 2. The predicted octanol–water partition coefficient (Wildman–Crippen LogP) is 6.70. The third-order valence-corrected chi connectivity index (χ3v) is 7.85. The highest BCUT2D eigenvalue weighted by Crippen LogP contribution is 2.45. The fourth-order valence-electron chi connectivity index (χ4n) is 6.24. The molecule has 3 atom stereocenters. The molecule has 0 amide bonds. The molecule has 3 heterocycles.